The quantitative estimate of drug-likeness (QED) is 0.749. The van der Waals surface area contributed by atoms with Crippen LogP contribution in [0.2, 0.25) is 0 Å². The lowest BCUT2D eigenvalue weighted by Crippen LogP contribution is -2.33. The Morgan fingerprint density at radius 3 is 2.32 bits per heavy atom. The second-order valence-electron chi connectivity index (χ2n) is 4.13. The number of aromatic nitrogens is 1. The predicted molar refractivity (Wildman–Crippen MR) is 69.8 cm³/mol. The number of hydrogen-bond acceptors (Lipinski definition) is 4. The lowest BCUT2D eigenvalue weighted by atomic mass is 10.0. The van der Waals surface area contributed by atoms with Gasteiger partial charge in [0.05, 0.1) is 5.69 Å². The molecule has 1 heterocycles. The monoisotopic (exact) mass is 258 g/mol. The van der Waals surface area contributed by atoms with Gasteiger partial charge in [0.15, 0.2) is 6.10 Å². The molecule has 0 saturated carbocycles. The van der Waals surface area contributed by atoms with Crippen LogP contribution in [0.15, 0.2) is 48.7 Å². The third-order valence-corrected chi connectivity index (χ3v) is 2.80. The van der Waals surface area contributed by atoms with Crippen LogP contribution in [0.4, 0.5) is 0 Å². The molecular weight excluding hydrogens is 244 g/mol. The number of carbonyl (C=O) groups is 1. The van der Waals surface area contributed by atoms with E-state index in [9.17, 15) is 15.0 Å². The highest BCUT2D eigenvalue weighted by atomic mass is 16.3. The Kier molecular flexibility index (Phi) is 3.89. The Hall–Kier alpha value is -2.24. The number of aliphatic hydroxyl groups is 2. The Bertz CT molecular complexity index is 555. The Balaban J connectivity index is 2.22. The summed E-state index contributed by atoms with van der Waals surface area (Å²) in [5, 5.41) is 19.2. The van der Waals surface area contributed by atoms with Crippen molar-refractivity contribution in [3.63, 3.8) is 0 Å². The van der Waals surface area contributed by atoms with Gasteiger partial charge in [-0.25, -0.2) is 0 Å². The maximum absolute atomic E-state index is 10.8. The molecule has 2 aromatic rings. The van der Waals surface area contributed by atoms with Crippen LogP contribution in [0.25, 0.3) is 11.3 Å². The van der Waals surface area contributed by atoms with Crippen molar-refractivity contribution in [1.29, 1.82) is 0 Å². The highest BCUT2D eigenvalue weighted by Gasteiger charge is 2.23. The topological polar surface area (TPSA) is 96.4 Å². The predicted octanol–water partition coefficient (Wildman–Crippen LogP) is 0.628. The SMILES string of the molecule is NC(=O)C(O)C(O)c1ccc(-c2ccccn2)cc1. The van der Waals surface area contributed by atoms with Gasteiger partial charge in [-0.2, -0.15) is 0 Å². The van der Waals surface area contributed by atoms with E-state index in [0.717, 1.165) is 11.3 Å². The van der Waals surface area contributed by atoms with Crippen LogP contribution in [0, 0.1) is 0 Å². The van der Waals surface area contributed by atoms with E-state index in [1.807, 2.05) is 18.2 Å². The first-order valence-corrected chi connectivity index (χ1v) is 5.76. The molecule has 0 radical (unpaired) electrons. The van der Waals surface area contributed by atoms with Gasteiger partial charge < -0.3 is 15.9 Å². The van der Waals surface area contributed by atoms with E-state index in [0.29, 0.717) is 5.56 Å². The summed E-state index contributed by atoms with van der Waals surface area (Å²) < 4.78 is 0. The number of primary amides is 1. The van der Waals surface area contributed by atoms with Crippen molar-refractivity contribution in [3.05, 3.63) is 54.2 Å². The van der Waals surface area contributed by atoms with E-state index in [-0.39, 0.29) is 0 Å². The average molecular weight is 258 g/mol. The van der Waals surface area contributed by atoms with Gasteiger partial charge in [0.1, 0.15) is 6.10 Å². The van der Waals surface area contributed by atoms with Gasteiger partial charge in [0.2, 0.25) is 5.91 Å². The summed E-state index contributed by atoms with van der Waals surface area (Å²) in [6.45, 7) is 0. The van der Waals surface area contributed by atoms with E-state index in [2.05, 4.69) is 4.98 Å². The molecule has 5 nitrogen and oxygen atoms in total. The van der Waals surface area contributed by atoms with E-state index in [1.54, 1.807) is 30.5 Å². The highest BCUT2D eigenvalue weighted by molar-refractivity contribution is 5.79. The van der Waals surface area contributed by atoms with Crippen LogP contribution >= 0.6 is 0 Å². The molecule has 0 saturated heterocycles. The number of benzene rings is 1. The second kappa shape index (κ2) is 5.60. The molecule has 0 fully saturated rings. The van der Waals surface area contributed by atoms with Crippen molar-refractivity contribution in [2.45, 2.75) is 12.2 Å². The maximum Gasteiger partial charge on any atom is 0.249 e. The number of hydrogen-bond donors (Lipinski definition) is 3. The summed E-state index contributed by atoms with van der Waals surface area (Å²) in [7, 11) is 0. The minimum Gasteiger partial charge on any atom is -0.385 e. The van der Waals surface area contributed by atoms with Gasteiger partial charge in [0, 0.05) is 11.8 Å². The van der Waals surface area contributed by atoms with Gasteiger partial charge in [-0.1, -0.05) is 30.3 Å². The lowest BCUT2D eigenvalue weighted by Gasteiger charge is -2.15. The van der Waals surface area contributed by atoms with Crippen LogP contribution < -0.4 is 5.73 Å². The number of rotatable bonds is 4. The Morgan fingerprint density at radius 2 is 1.79 bits per heavy atom. The normalized spacial score (nSPS) is 13.8. The molecule has 0 aliphatic heterocycles. The van der Waals surface area contributed by atoms with E-state index >= 15 is 0 Å². The average Bonchev–Trinajstić information content (AvgIpc) is 2.46. The van der Waals surface area contributed by atoms with Gasteiger partial charge >= 0.3 is 0 Å². The fraction of sp³-hybridized carbons (Fsp3) is 0.143. The summed E-state index contributed by atoms with van der Waals surface area (Å²) in [6, 6.07) is 12.3. The van der Waals surface area contributed by atoms with E-state index in [4.69, 9.17) is 5.73 Å². The van der Waals surface area contributed by atoms with Crippen LogP contribution in [-0.4, -0.2) is 27.2 Å². The number of aliphatic hydroxyl groups excluding tert-OH is 2. The van der Waals surface area contributed by atoms with Crippen LogP contribution in [0.3, 0.4) is 0 Å². The lowest BCUT2D eigenvalue weighted by molar-refractivity contribution is -0.131. The van der Waals surface area contributed by atoms with Gasteiger partial charge in [-0.3, -0.25) is 9.78 Å². The Labute approximate surface area is 110 Å². The summed E-state index contributed by atoms with van der Waals surface area (Å²) in [5.74, 6) is -0.957. The molecule has 19 heavy (non-hydrogen) atoms. The zero-order valence-corrected chi connectivity index (χ0v) is 10.1. The number of nitrogens with zero attached hydrogens (tertiary/aromatic N) is 1. The second-order valence-corrected chi connectivity index (χ2v) is 4.13. The molecule has 0 aliphatic rings. The van der Waals surface area contributed by atoms with Gasteiger partial charge in [-0.15, -0.1) is 0 Å². The van der Waals surface area contributed by atoms with Crippen molar-refractivity contribution in [2.24, 2.45) is 5.73 Å². The van der Waals surface area contributed by atoms with E-state index in [1.165, 1.54) is 0 Å². The first-order valence-electron chi connectivity index (χ1n) is 5.76. The molecule has 0 spiro atoms. The molecule has 0 aliphatic carbocycles. The number of amides is 1. The van der Waals surface area contributed by atoms with Gasteiger partial charge in [-0.05, 0) is 17.7 Å². The summed E-state index contributed by atoms with van der Waals surface area (Å²) in [5.41, 5.74) is 7.04. The van der Waals surface area contributed by atoms with E-state index < -0.39 is 18.1 Å². The van der Waals surface area contributed by atoms with Gasteiger partial charge in [0.25, 0.3) is 0 Å². The third-order valence-electron chi connectivity index (χ3n) is 2.80. The van der Waals surface area contributed by atoms with Crippen molar-refractivity contribution in [3.8, 4) is 11.3 Å². The number of pyridine rings is 1. The molecule has 1 amide bonds. The third kappa shape index (κ3) is 2.96. The number of nitrogens with two attached hydrogens (primary N) is 1. The molecule has 1 aromatic carbocycles. The summed E-state index contributed by atoms with van der Waals surface area (Å²) in [6.07, 6.45) is -1.24. The van der Waals surface area contributed by atoms with Crippen LogP contribution in [0.1, 0.15) is 11.7 Å². The molecular formula is C14H14N2O3. The van der Waals surface area contributed by atoms with Crippen molar-refractivity contribution in [2.75, 3.05) is 0 Å². The molecule has 0 bridgehead atoms. The first kappa shape index (κ1) is 13.2. The minimum atomic E-state index is -1.61. The zero-order valence-electron chi connectivity index (χ0n) is 10.1. The highest BCUT2D eigenvalue weighted by Crippen LogP contribution is 2.21. The molecule has 2 atom stereocenters. The molecule has 2 unspecified atom stereocenters. The molecule has 2 rings (SSSR count). The fourth-order valence-electron chi connectivity index (χ4n) is 1.72. The standard InChI is InChI=1S/C14H14N2O3/c15-14(19)13(18)12(17)10-6-4-9(5-7-10)11-3-1-2-8-16-11/h1-8,12-13,17-18H,(H2,15,19). The summed E-state index contributed by atoms with van der Waals surface area (Å²) >= 11 is 0. The minimum absolute atomic E-state index is 0.422. The zero-order chi connectivity index (χ0) is 13.8. The van der Waals surface area contributed by atoms with Crippen LogP contribution in [0.5, 0.6) is 0 Å². The first-order chi connectivity index (χ1) is 9.09. The van der Waals surface area contributed by atoms with Crippen molar-refractivity contribution in [1.82, 2.24) is 4.98 Å². The molecule has 4 N–H and O–H groups in total. The molecule has 98 valence electrons. The van der Waals surface area contributed by atoms with Crippen molar-refractivity contribution >= 4 is 5.91 Å². The summed E-state index contributed by atoms with van der Waals surface area (Å²) in [4.78, 5) is 15.0. The fourth-order valence-corrected chi connectivity index (χ4v) is 1.72. The van der Waals surface area contributed by atoms with Crippen LogP contribution in [-0.2, 0) is 4.79 Å². The largest absolute Gasteiger partial charge is 0.385 e. The Morgan fingerprint density at radius 1 is 1.11 bits per heavy atom. The van der Waals surface area contributed by atoms with Crippen molar-refractivity contribution < 1.29 is 15.0 Å². The smallest absolute Gasteiger partial charge is 0.249 e. The maximum atomic E-state index is 10.8. The number of carbonyl (C=O) groups excluding carboxylic acids is 1. The molecule has 5 heteroatoms. The molecule has 1 aromatic heterocycles.